The van der Waals surface area contributed by atoms with E-state index in [2.05, 4.69) is 298 Å². The summed E-state index contributed by atoms with van der Waals surface area (Å²) in [5, 5.41) is 13.1. The van der Waals surface area contributed by atoms with Crippen LogP contribution in [0.4, 0.5) is 0 Å². The molecule has 0 N–H and O–H groups in total. The second-order valence-electron chi connectivity index (χ2n) is 24.6. The molecule has 0 atom stereocenters. The molecule has 9 aromatic rings. The number of rotatable bonds is 2. The number of terminal acetylenes is 3. The van der Waals surface area contributed by atoms with Gasteiger partial charge in [-0.3, -0.25) is 0 Å². The van der Waals surface area contributed by atoms with E-state index in [0.717, 1.165) is 71.6 Å². The summed E-state index contributed by atoms with van der Waals surface area (Å²) in [6, 6.07) is 0. The Hall–Kier alpha value is -12.1. The Morgan fingerprint density at radius 3 is 0.916 bits per heavy atom. The molecule has 0 saturated carbocycles. The molecule has 0 aliphatic heterocycles. The van der Waals surface area contributed by atoms with Gasteiger partial charge < -0.3 is 0 Å². The van der Waals surface area contributed by atoms with E-state index in [0.29, 0.717) is 33.2 Å². The standard InChI is InChI=1S/C95H72/c1-27-33-38-41-43-47-53-78-75(51-46-42-39-34-28-2)76(50-45-40-35-29-3)79(52-44-36-30-4)94-92-77(49-37-31-5)74(48-32-6)61(14)70(23)82(92)73(26)90(93(78)94)87-68(21)60(13)69(22)88-89(87)71(24)81-63(16)55(8)57(10)65(18)84(81)95(88)91-72(25)80-62(15)54(7)56(9)64(17)83(80)85-66(19)58(11)59(12)67(20)86(85)91/h1,3,5H,2,4,6-26H3. The molecule has 0 amide bonds. The van der Waals surface area contributed by atoms with E-state index in [1.54, 1.807) is 13.8 Å². The minimum absolute atomic E-state index is 0.414. The molecule has 9 aromatic carbocycles. The first-order chi connectivity index (χ1) is 45.4. The Morgan fingerprint density at radius 2 is 0.432 bits per heavy atom. The highest BCUT2D eigenvalue weighted by Gasteiger charge is 2.34. The molecule has 0 aliphatic rings. The van der Waals surface area contributed by atoms with Gasteiger partial charge in [-0.1, -0.05) is 47.4 Å². The van der Waals surface area contributed by atoms with Crippen LogP contribution in [0.2, 0.25) is 0 Å². The van der Waals surface area contributed by atoms with Gasteiger partial charge in [0.25, 0.3) is 0 Å². The molecule has 0 saturated heterocycles. The van der Waals surface area contributed by atoms with Crippen LogP contribution in [0.5, 0.6) is 0 Å². The second kappa shape index (κ2) is 27.0. The minimum Gasteiger partial charge on any atom is -0.106 e. The van der Waals surface area contributed by atoms with Gasteiger partial charge in [-0.15, -0.1) is 25.2 Å². The molecule has 0 bridgehead atoms. The highest BCUT2D eigenvalue weighted by Crippen LogP contribution is 2.57. The van der Waals surface area contributed by atoms with Crippen molar-refractivity contribution in [2.75, 3.05) is 0 Å². The van der Waals surface area contributed by atoms with Crippen molar-refractivity contribution in [1.29, 1.82) is 0 Å². The Kier molecular flexibility index (Phi) is 19.2. The molecule has 0 aliphatic carbocycles. The topological polar surface area (TPSA) is 0 Å². The molecule has 0 radical (unpaired) electrons. The van der Waals surface area contributed by atoms with E-state index in [-0.39, 0.29) is 0 Å². The van der Waals surface area contributed by atoms with E-state index in [1.807, 2.05) is 6.92 Å². The number of hydrogen-bond acceptors (Lipinski definition) is 0. The molecular weight excluding hydrogens is 1140 g/mol. The molecule has 95 heavy (non-hydrogen) atoms. The lowest BCUT2D eigenvalue weighted by Crippen LogP contribution is -2.09. The SMILES string of the molecule is C#CC#CC#CC#Cc1c(C#CC#CC#CC)c(C#CC#CC#C)c(C#CC#CC)c2c1c(-c1c(C)c(C)c(C)c3c(-c4c(C)c5c(C)c(C)c(C)c(C)c5c5c(C)c(C)c(C)c(C)c45)c4c(C)c(C)c(C)c(C)c4c(C)c13)c(C)c1c(C)c(C)c(C#CC)c(C#CC#C)c12. The van der Waals surface area contributed by atoms with Crippen LogP contribution in [-0.2, 0) is 0 Å². The summed E-state index contributed by atoms with van der Waals surface area (Å²) in [6.07, 6.45) is 17.5. The Balaban J connectivity index is 1.84. The highest BCUT2D eigenvalue weighted by atomic mass is 14.4. The predicted octanol–water partition coefficient (Wildman–Crippen LogP) is 19.2. The van der Waals surface area contributed by atoms with Crippen molar-refractivity contribution in [3.05, 3.63) is 145 Å². The lowest BCUT2D eigenvalue weighted by atomic mass is 9.72. The van der Waals surface area contributed by atoms with Gasteiger partial charge in [-0.2, -0.15) is 0 Å². The average molecular weight is 1210 g/mol. The van der Waals surface area contributed by atoms with Crippen molar-refractivity contribution >= 4 is 64.6 Å². The maximum Gasteiger partial charge on any atom is 0.0588 e. The van der Waals surface area contributed by atoms with Crippen LogP contribution in [0.25, 0.3) is 86.9 Å². The molecule has 9 rings (SSSR count). The van der Waals surface area contributed by atoms with Crippen LogP contribution in [0.3, 0.4) is 0 Å². The number of aryl methyl sites for hydroxylation is 11. The Labute approximate surface area is 566 Å². The van der Waals surface area contributed by atoms with E-state index >= 15 is 0 Å². The first-order valence-electron chi connectivity index (χ1n) is 31.6. The van der Waals surface area contributed by atoms with Crippen molar-refractivity contribution in [3.8, 4) is 201 Å². The summed E-state index contributed by atoms with van der Waals surface area (Å²) >= 11 is 0. The monoisotopic (exact) mass is 1210 g/mol. The van der Waals surface area contributed by atoms with Crippen molar-refractivity contribution < 1.29 is 0 Å². The highest BCUT2D eigenvalue weighted by molar-refractivity contribution is 6.31. The summed E-state index contributed by atoms with van der Waals surface area (Å²) < 4.78 is 0. The number of benzene rings is 9. The van der Waals surface area contributed by atoms with Crippen LogP contribution < -0.4 is 0 Å². The van der Waals surface area contributed by atoms with Crippen molar-refractivity contribution in [2.45, 2.75) is 159 Å². The summed E-state index contributed by atoms with van der Waals surface area (Å²) in [5.41, 5.74) is 31.9. The Bertz CT molecular complexity index is 6160. The summed E-state index contributed by atoms with van der Waals surface area (Å²) in [7, 11) is 0. The summed E-state index contributed by atoms with van der Waals surface area (Å²) in [5.74, 6) is 81.8. The molecular formula is C95H72. The summed E-state index contributed by atoms with van der Waals surface area (Å²) in [6.45, 7) is 51.2. The second-order valence-corrected chi connectivity index (χ2v) is 24.6. The molecule has 0 heteroatoms. The first-order valence-corrected chi connectivity index (χ1v) is 31.6. The van der Waals surface area contributed by atoms with Gasteiger partial charge >= 0.3 is 0 Å². The molecule has 0 heterocycles. The van der Waals surface area contributed by atoms with Gasteiger partial charge in [0, 0.05) is 27.3 Å². The van der Waals surface area contributed by atoms with Gasteiger partial charge in [-0.25, -0.2) is 0 Å². The zero-order valence-corrected chi connectivity index (χ0v) is 59.2. The molecule has 452 valence electrons. The van der Waals surface area contributed by atoms with Crippen molar-refractivity contribution in [1.82, 2.24) is 0 Å². The predicted molar refractivity (Wildman–Crippen MR) is 409 cm³/mol. The third kappa shape index (κ3) is 10.7. The Morgan fingerprint density at radius 1 is 0.158 bits per heavy atom. The van der Waals surface area contributed by atoms with E-state index in [1.165, 1.54) is 127 Å². The number of hydrogen-bond donors (Lipinski definition) is 0. The molecule has 0 fully saturated rings. The average Bonchev–Trinajstić information content (AvgIpc) is 0.687. The fraction of sp³-hybridized carbons (Fsp3) is 0.242. The molecule has 0 spiro atoms. The quantitative estimate of drug-likeness (QED) is 0.0919. The van der Waals surface area contributed by atoms with E-state index in [9.17, 15) is 0 Å². The fourth-order valence-corrected chi connectivity index (χ4v) is 14.8. The van der Waals surface area contributed by atoms with E-state index < -0.39 is 0 Å². The van der Waals surface area contributed by atoms with Crippen molar-refractivity contribution in [3.63, 3.8) is 0 Å². The lowest BCUT2D eigenvalue weighted by molar-refractivity contribution is 1.23. The van der Waals surface area contributed by atoms with Crippen LogP contribution >= 0.6 is 0 Å². The maximum atomic E-state index is 6.12. The molecule has 0 aromatic heterocycles. The van der Waals surface area contributed by atoms with Gasteiger partial charge in [-0.05, 0) is 448 Å². The zero-order chi connectivity index (χ0) is 69.3. The molecule has 0 unspecified atom stereocenters. The third-order valence-corrected chi connectivity index (χ3v) is 20.5. The maximum absolute atomic E-state index is 6.12. The van der Waals surface area contributed by atoms with Crippen LogP contribution in [0.1, 0.15) is 165 Å². The molecule has 0 nitrogen and oxygen atoms in total. The van der Waals surface area contributed by atoms with Gasteiger partial charge in [0.15, 0.2) is 0 Å². The minimum atomic E-state index is 0.414. The largest absolute Gasteiger partial charge is 0.106 e. The zero-order valence-electron chi connectivity index (χ0n) is 59.2. The van der Waals surface area contributed by atoms with E-state index in [4.69, 9.17) is 19.3 Å². The normalized spacial score (nSPS) is 9.85. The van der Waals surface area contributed by atoms with Crippen molar-refractivity contribution in [2.24, 2.45) is 0 Å². The van der Waals surface area contributed by atoms with Gasteiger partial charge in [0.1, 0.15) is 0 Å². The van der Waals surface area contributed by atoms with Gasteiger partial charge in [0.2, 0.25) is 0 Å². The summed E-state index contributed by atoms with van der Waals surface area (Å²) in [4.78, 5) is 0. The smallest absolute Gasteiger partial charge is 0.0588 e. The fourth-order valence-electron chi connectivity index (χ4n) is 14.8. The van der Waals surface area contributed by atoms with Crippen LogP contribution in [0.15, 0.2) is 0 Å². The number of fused-ring (bicyclic) bond motifs is 8. The lowest BCUT2D eigenvalue weighted by Gasteiger charge is -2.31. The first kappa shape index (κ1) is 67.3. The van der Waals surface area contributed by atoms with Crippen LogP contribution in [0, 0.1) is 318 Å². The third-order valence-electron chi connectivity index (χ3n) is 20.5. The van der Waals surface area contributed by atoms with Crippen LogP contribution in [-0.4, -0.2) is 0 Å². The van der Waals surface area contributed by atoms with Gasteiger partial charge in [0.05, 0.1) is 22.3 Å².